The van der Waals surface area contributed by atoms with Crippen LogP contribution >= 0.6 is 0 Å². The highest BCUT2D eigenvalue weighted by atomic mass is 32.2. The summed E-state index contributed by atoms with van der Waals surface area (Å²) in [6.45, 7) is -0.747. The normalized spacial score (nSPS) is 25.6. The molecule has 6 N–H and O–H groups in total. The van der Waals surface area contributed by atoms with Gasteiger partial charge in [0, 0.05) is 11.3 Å². The van der Waals surface area contributed by atoms with E-state index >= 15 is 0 Å². The Hall–Kier alpha value is -4.41. The zero-order valence-electron chi connectivity index (χ0n) is 27.1. The Morgan fingerprint density at radius 3 is 2.16 bits per heavy atom. The van der Waals surface area contributed by atoms with Gasteiger partial charge in [-0.25, -0.2) is 4.39 Å². The summed E-state index contributed by atoms with van der Waals surface area (Å²) >= 11 is 0. The summed E-state index contributed by atoms with van der Waals surface area (Å²) in [5, 5.41) is 61.2. The maximum Gasteiger partial charge on any atom is 0.311 e. The van der Waals surface area contributed by atoms with E-state index in [-0.39, 0.29) is 30.2 Å². The molecule has 8 unspecified atom stereocenters. The first kappa shape index (κ1) is 36.4. The summed E-state index contributed by atoms with van der Waals surface area (Å²) in [5.41, 5.74) is 2.46. The number of anilines is 1. The van der Waals surface area contributed by atoms with Crippen molar-refractivity contribution in [3.8, 4) is 22.6 Å². The fourth-order valence-electron chi connectivity index (χ4n) is 6.62. The van der Waals surface area contributed by atoms with Crippen molar-refractivity contribution < 1.29 is 57.2 Å². The lowest BCUT2D eigenvalue weighted by molar-refractivity contribution is -0.223. The number of hydrogen-bond donors (Lipinski definition) is 6. The lowest BCUT2D eigenvalue weighted by Gasteiger charge is -2.48. The number of phenols is 1. The van der Waals surface area contributed by atoms with Crippen molar-refractivity contribution in [3.05, 3.63) is 114 Å². The molecular weight excluding hydrogens is 685 g/mol. The molecule has 0 spiro atoms. The monoisotopic (exact) mass is 723 g/mol. The third-order valence-electron chi connectivity index (χ3n) is 9.36. The summed E-state index contributed by atoms with van der Waals surface area (Å²) in [7, 11) is -4.64. The van der Waals surface area contributed by atoms with Gasteiger partial charge in [0.2, 0.25) is 5.91 Å². The highest BCUT2D eigenvalue weighted by molar-refractivity contribution is 7.87. The molecule has 0 aliphatic carbocycles. The van der Waals surface area contributed by atoms with Gasteiger partial charge in [0.05, 0.1) is 24.7 Å². The molecule has 2 aliphatic heterocycles. The lowest BCUT2D eigenvalue weighted by atomic mass is 9.77. The van der Waals surface area contributed by atoms with Crippen LogP contribution in [0.1, 0.15) is 36.1 Å². The molecule has 0 bridgehead atoms. The Labute approximate surface area is 293 Å². The molecule has 2 heterocycles. The first-order valence-corrected chi connectivity index (χ1v) is 17.9. The van der Waals surface area contributed by atoms with Crippen LogP contribution in [0.5, 0.6) is 11.5 Å². The maximum atomic E-state index is 13.8. The van der Waals surface area contributed by atoms with Gasteiger partial charge >= 0.3 is 10.1 Å². The van der Waals surface area contributed by atoms with Gasteiger partial charge in [0.15, 0.2) is 0 Å². The molecule has 0 radical (unpaired) electrons. The number of carbonyl (C=O) groups excluding carboxylic acids is 1. The third-order valence-corrected chi connectivity index (χ3v) is 10.5. The summed E-state index contributed by atoms with van der Waals surface area (Å²) in [4.78, 5) is 15.3. The molecule has 4 aromatic carbocycles. The van der Waals surface area contributed by atoms with Crippen molar-refractivity contribution in [1.82, 2.24) is 0 Å². The third kappa shape index (κ3) is 7.77. The number of para-hydroxylation sites is 1. The molecule has 0 aromatic heterocycles. The van der Waals surface area contributed by atoms with E-state index < -0.39 is 76.9 Å². The van der Waals surface area contributed by atoms with E-state index in [1.165, 1.54) is 47.4 Å². The topological polar surface area (TPSA) is 194 Å². The number of hydrogen-bond acceptors (Lipinski definition) is 11. The minimum atomic E-state index is -4.64. The average Bonchev–Trinajstić information content (AvgIpc) is 3.11. The van der Waals surface area contributed by atoms with Gasteiger partial charge < -0.3 is 44.5 Å². The van der Waals surface area contributed by atoms with Crippen LogP contribution in [0, 0.1) is 11.7 Å². The molecule has 270 valence electrons. The first-order chi connectivity index (χ1) is 24.4. The van der Waals surface area contributed by atoms with E-state index in [1.54, 1.807) is 54.6 Å². The van der Waals surface area contributed by atoms with Gasteiger partial charge in [-0.3, -0.25) is 4.79 Å². The quantitative estimate of drug-likeness (QED) is 0.0930. The molecule has 6 rings (SSSR count). The van der Waals surface area contributed by atoms with E-state index in [9.17, 15) is 48.2 Å². The van der Waals surface area contributed by atoms with E-state index in [1.807, 2.05) is 0 Å². The SMILES string of the molecule is O=C1C(CCC(O)c2ccc(F)cc2)C(c2ccc(-c3ccc(O)cc3)cc2OS(=O)(=O)CC2OC(CO)C(O)C(O)C2O)N1c1ccccc1. The van der Waals surface area contributed by atoms with Crippen molar-refractivity contribution >= 4 is 21.7 Å². The number of phenolic OH excluding ortho intramolecular Hbond substituents is 1. The fraction of sp³-hybridized carbons (Fsp3) is 0.324. The van der Waals surface area contributed by atoms with Gasteiger partial charge in [-0.2, -0.15) is 8.42 Å². The number of β-lactam (4-membered cyclic amide) rings is 1. The van der Waals surface area contributed by atoms with Crippen molar-refractivity contribution in [2.24, 2.45) is 5.92 Å². The molecule has 2 fully saturated rings. The summed E-state index contributed by atoms with van der Waals surface area (Å²) in [6, 6.07) is 24.4. The molecule has 1 amide bonds. The van der Waals surface area contributed by atoms with E-state index in [0.717, 1.165) is 0 Å². The van der Waals surface area contributed by atoms with E-state index in [4.69, 9.17) is 8.92 Å². The predicted molar refractivity (Wildman–Crippen MR) is 182 cm³/mol. The highest BCUT2D eigenvalue weighted by Crippen LogP contribution is 2.49. The molecule has 8 atom stereocenters. The van der Waals surface area contributed by atoms with Crippen molar-refractivity contribution in [2.75, 3.05) is 17.3 Å². The number of carbonyl (C=O) groups is 1. The highest BCUT2D eigenvalue weighted by Gasteiger charge is 2.50. The second kappa shape index (κ2) is 15.1. The van der Waals surface area contributed by atoms with E-state index in [2.05, 4.69) is 0 Å². The summed E-state index contributed by atoms with van der Waals surface area (Å²) < 4.78 is 52.0. The van der Waals surface area contributed by atoms with Crippen molar-refractivity contribution in [2.45, 2.75) is 55.5 Å². The average molecular weight is 724 g/mol. The minimum Gasteiger partial charge on any atom is -0.508 e. The molecule has 14 heteroatoms. The van der Waals surface area contributed by atoms with Gasteiger partial charge in [-0.1, -0.05) is 54.6 Å². The second-order valence-corrected chi connectivity index (χ2v) is 14.3. The standard InChI is InChI=1S/C37H38FNO11S/c38-24-11-6-22(7-12-24)29(42)17-16-28-33(39(37(28)46)25-4-2-1-3-5-25)27-15-10-23(21-8-13-26(41)14-9-21)18-30(27)50-51(47,48)20-32-35(44)36(45)34(43)31(19-40)49-32/h1-15,18,28-29,31-36,40-45H,16-17,19-20H2. The van der Waals surface area contributed by atoms with Crippen molar-refractivity contribution in [1.29, 1.82) is 0 Å². The fourth-order valence-corrected chi connectivity index (χ4v) is 7.79. The van der Waals surface area contributed by atoms with Crippen LogP contribution in [0.2, 0.25) is 0 Å². The Morgan fingerprint density at radius 2 is 1.49 bits per heavy atom. The smallest absolute Gasteiger partial charge is 0.311 e. The molecule has 2 aliphatic rings. The van der Waals surface area contributed by atoms with Crippen LogP contribution in [0.3, 0.4) is 0 Å². The van der Waals surface area contributed by atoms with Crippen LogP contribution < -0.4 is 9.08 Å². The Morgan fingerprint density at radius 1 is 0.843 bits per heavy atom. The summed E-state index contributed by atoms with van der Waals surface area (Å²) in [6.07, 6.45) is -8.88. The molecular formula is C37H38FNO11S. The van der Waals surface area contributed by atoms with Gasteiger partial charge in [0.1, 0.15) is 53.6 Å². The molecule has 0 saturated carbocycles. The maximum absolute atomic E-state index is 13.8. The Kier molecular flexibility index (Phi) is 10.7. The van der Waals surface area contributed by atoms with Crippen LogP contribution in [0.15, 0.2) is 97.1 Å². The second-order valence-electron chi connectivity index (χ2n) is 12.7. The molecule has 2 saturated heterocycles. The number of aliphatic hydroxyl groups is 5. The number of halogens is 1. The van der Waals surface area contributed by atoms with Crippen LogP contribution in [-0.4, -0.2) is 87.8 Å². The Bertz CT molecular complexity index is 1930. The molecule has 4 aromatic rings. The first-order valence-electron chi connectivity index (χ1n) is 16.3. The number of nitrogens with zero attached hydrogens (tertiary/aromatic N) is 1. The zero-order chi connectivity index (χ0) is 36.4. The molecule has 51 heavy (non-hydrogen) atoms. The number of benzene rings is 4. The number of ether oxygens (including phenoxy) is 1. The Balaban J connectivity index is 1.36. The minimum absolute atomic E-state index is 0.0195. The largest absolute Gasteiger partial charge is 0.508 e. The number of aromatic hydroxyl groups is 1. The lowest BCUT2D eigenvalue weighted by Crippen LogP contribution is -2.60. The predicted octanol–water partition coefficient (Wildman–Crippen LogP) is 2.97. The van der Waals surface area contributed by atoms with Gasteiger partial charge in [0.25, 0.3) is 0 Å². The number of rotatable bonds is 12. The number of aliphatic hydroxyl groups excluding tert-OH is 5. The van der Waals surface area contributed by atoms with Crippen LogP contribution in [-0.2, 0) is 19.6 Å². The van der Waals surface area contributed by atoms with Gasteiger partial charge in [-0.15, -0.1) is 0 Å². The van der Waals surface area contributed by atoms with Gasteiger partial charge in [-0.05, 0) is 72.0 Å². The summed E-state index contributed by atoms with van der Waals surface area (Å²) in [5.74, 6) is -2.54. The van der Waals surface area contributed by atoms with Crippen molar-refractivity contribution in [3.63, 3.8) is 0 Å². The van der Waals surface area contributed by atoms with Crippen LogP contribution in [0.4, 0.5) is 10.1 Å². The van der Waals surface area contributed by atoms with E-state index in [0.29, 0.717) is 27.9 Å². The van der Waals surface area contributed by atoms with Crippen LogP contribution in [0.25, 0.3) is 11.1 Å². The number of amides is 1. The zero-order valence-corrected chi connectivity index (χ0v) is 28.0. The molecule has 12 nitrogen and oxygen atoms in total.